The minimum Gasteiger partial charge on any atom is -0.870 e. The Morgan fingerprint density at radius 2 is 2.05 bits per heavy atom. The maximum atomic E-state index is 11.7. The van der Waals surface area contributed by atoms with Crippen LogP contribution < -0.4 is 9.84 Å². The van der Waals surface area contributed by atoms with Crippen molar-refractivity contribution in [3.8, 4) is 11.5 Å². The summed E-state index contributed by atoms with van der Waals surface area (Å²) in [5.74, 6) is -0.0532. The second kappa shape index (κ2) is 7.88. The molecule has 0 bridgehead atoms. The number of carbonyl (C=O) groups excluding carboxylic acids is 1. The average Bonchev–Trinajstić information content (AvgIpc) is 2.46. The van der Waals surface area contributed by atoms with Crippen LogP contribution in [-0.2, 0) is 16.0 Å². The molecule has 0 aromatic heterocycles. The van der Waals surface area contributed by atoms with E-state index in [1.54, 1.807) is 12.1 Å². The third-order valence-corrected chi connectivity index (χ3v) is 3.66. The van der Waals surface area contributed by atoms with E-state index in [-0.39, 0.29) is 11.7 Å². The normalized spacial score (nSPS) is 11.2. The van der Waals surface area contributed by atoms with Crippen molar-refractivity contribution in [3.63, 3.8) is 0 Å². The highest BCUT2D eigenvalue weighted by molar-refractivity contribution is 5.69. The van der Waals surface area contributed by atoms with Crippen molar-refractivity contribution in [2.45, 2.75) is 19.8 Å². The lowest BCUT2D eigenvalue weighted by Crippen LogP contribution is -2.42. The number of esters is 1. The molecule has 0 fully saturated rings. The zero-order valence-corrected chi connectivity index (χ0v) is 13.3. The van der Waals surface area contributed by atoms with Gasteiger partial charge in [-0.3, -0.25) is 4.79 Å². The van der Waals surface area contributed by atoms with Crippen molar-refractivity contribution in [2.24, 2.45) is 0 Å². The summed E-state index contributed by atoms with van der Waals surface area (Å²) in [7, 11) is 5.66. The molecule has 1 aromatic carbocycles. The van der Waals surface area contributed by atoms with Crippen molar-refractivity contribution in [1.29, 1.82) is 0 Å². The number of rotatable bonds is 8. The average molecular weight is 295 g/mol. The molecule has 0 unspecified atom stereocenters. The lowest BCUT2D eigenvalue weighted by atomic mass is 10.1. The standard InChI is InChI=1S/C16H25NO4/c1-5-17(2,3)10-11-21-16(19)9-7-13-6-8-14(18)15(12-13)20-4/h6,8,12H,5,7,9-11H2,1-4H3. The molecule has 0 spiro atoms. The molecule has 0 aliphatic rings. The maximum absolute atomic E-state index is 11.7. The molecule has 1 aromatic rings. The molecule has 118 valence electrons. The van der Waals surface area contributed by atoms with Crippen molar-refractivity contribution < 1.29 is 23.9 Å². The number of methoxy groups -OCH3 is 1. The molecule has 0 heterocycles. The number of likely N-dealkylation sites (N-methyl/N-ethyl adjacent to an activating group) is 1. The van der Waals surface area contributed by atoms with E-state index in [4.69, 9.17) is 9.47 Å². The molecule has 1 rings (SSSR count). The number of quaternary nitrogens is 1. The van der Waals surface area contributed by atoms with Gasteiger partial charge in [0.1, 0.15) is 18.9 Å². The number of aryl methyl sites for hydroxylation is 1. The molecule has 0 amide bonds. The predicted octanol–water partition coefficient (Wildman–Crippen LogP) is 1.34. The number of hydrogen-bond donors (Lipinski definition) is 0. The third kappa shape index (κ3) is 6.04. The van der Waals surface area contributed by atoms with Crippen LogP contribution in [0.4, 0.5) is 0 Å². The van der Waals surface area contributed by atoms with Crippen LogP contribution >= 0.6 is 0 Å². The Balaban J connectivity index is 2.36. The Labute approximate surface area is 126 Å². The minimum atomic E-state index is -0.212. The van der Waals surface area contributed by atoms with E-state index < -0.39 is 0 Å². The topological polar surface area (TPSA) is 58.6 Å². The molecule has 0 N–H and O–H groups in total. The van der Waals surface area contributed by atoms with Gasteiger partial charge in [0.25, 0.3) is 0 Å². The molecule has 0 saturated heterocycles. The highest BCUT2D eigenvalue weighted by Gasteiger charge is 2.13. The van der Waals surface area contributed by atoms with E-state index >= 15 is 0 Å². The van der Waals surface area contributed by atoms with Crippen LogP contribution in [0, 0.1) is 0 Å². The van der Waals surface area contributed by atoms with Crippen LogP contribution in [0.2, 0.25) is 0 Å². The van der Waals surface area contributed by atoms with E-state index in [2.05, 4.69) is 21.0 Å². The van der Waals surface area contributed by atoms with Crippen molar-refractivity contribution in [1.82, 2.24) is 0 Å². The molecule has 0 saturated carbocycles. The smallest absolute Gasteiger partial charge is 0.306 e. The van der Waals surface area contributed by atoms with Crippen LogP contribution in [0.1, 0.15) is 18.9 Å². The van der Waals surface area contributed by atoms with E-state index in [1.165, 1.54) is 13.2 Å². The number of hydrogen-bond acceptors (Lipinski definition) is 4. The Morgan fingerprint density at radius 3 is 2.67 bits per heavy atom. The summed E-state index contributed by atoms with van der Waals surface area (Å²) in [6, 6.07) is 4.85. The van der Waals surface area contributed by atoms with Crippen molar-refractivity contribution >= 4 is 5.97 Å². The first-order valence-electron chi connectivity index (χ1n) is 7.19. The first-order chi connectivity index (χ1) is 9.88. The van der Waals surface area contributed by atoms with E-state index in [0.717, 1.165) is 23.1 Å². The molecule has 5 nitrogen and oxygen atoms in total. The fourth-order valence-electron chi connectivity index (χ4n) is 1.75. The van der Waals surface area contributed by atoms with Crippen LogP contribution in [0.5, 0.6) is 11.5 Å². The summed E-state index contributed by atoms with van der Waals surface area (Å²) in [6.45, 7) is 4.34. The van der Waals surface area contributed by atoms with Gasteiger partial charge in [-0.25, -0.2) is 0 Å². The fourth-order valence-corrected chi connectivity index (χ4v) is 1.75. The zero-order valence-electron chi connectivity index (χ0n) is 13.3. The summed E-state index contributed by atoms with van der Waals surface area (Å²) in [5.41, 5.74) is 0.896. The van der Waals surface area contributed by atoms with Crippen molar-refractivity contribution in [2.75, 3.05) is 40.9 Å². The van der Waals surface area contributed by atoms with E-state index in [1.807, 2.05) is 0 Å². The highest BCUT2D eigenvalue weighted by Crippen LogP contribution is 2.24. The minimum absolute atomic E-state index is 0.150. The maximum Gasteiger partial charge on any atom is 0.306 e. The molecule has 0 atom stereocenters. The Morgan fingerprint density at radius 1 is 1.33 bits per heavy atom. The molecule has 21 heavy (non-hydrogen) atoms. The SMILES string of the molecule is CC[N+](C)(C)CCOC(=O)CCc1ccc([O-])c(OC)c1. The Kier molecular flexibility index (Phi) is 6.49. The van der Waals surface area contributed by atoms with Gasteiger partial charge in [-0.15, -0.1) is 0 Å². The number of ether oxygens (including phenoxy) is 2. The van der Waals surface area contributed by atoms with Gasteiger partial charge in [0, 0.05) is 6.42 Å². The molecule has 5 heteroatoms. The quantitative estimate of drug-likeness (QED) is 0.536. The van der Waals surface area contributed by atoms with Gasteiger partial charge in [0.15, 0.2) is 0 Å². The lowest BCUT2D eigenvalue weighted by Gasteiger charge is -2.27. The zero-order chi connectivity index (χ0) is 15.9. The summed E-state index contributed by atoms with van der Waals surface area (Å²) in [5, 5.41) is 11.4. The van der Waals surface area contributed by atoms with Crippen LogP contribution in [0.15, 0.2) is 18.2 Å². The Hall–Kier alpha value is -1.75. The lowest BCUT2D eigenvalue weighted by molar-refractivity contribution is -0.888. The van der Waals surface area contributed by atoms with Gasteiger partial charge >= 0.3 is 5.97 Å². The van der Waals surface area contributed by atoms with Crippen LogP contribution in [-0.4, -0.2) is 51.4 Å². The van der Waals surface area contributed by atoms with Gasteiger partial charge in [-0.2, -0.15) is 0 Å². The number of carbonyl (C=O) groups is 1. The fraction of sp³-hybridized carbons (Fsp3) is 0.562. The first-order valence-corrected chi connectivity index (χ1v) is 7.19. The van der Waals surface area contributed by atoms with E-state index in [0.29, 0.717) is 25.2 Å². The molecule has 0 aliphatic carbocycles. The van der Waals surface area contributed by atoms with Gasteiger partial charge in [0.05, 0.1) is 27.7 Å². The molecular weight excluding hydrogens is 270 g/mol. The number of nitrogens with zero attached hydrogens (tertiary/aromatic N) is 1. The second-order valence-corrected chi connectivity index (χ2v) is 5.68. The molecule has 0 aliphatic heterocycles. The summed E-state index contributed by atoms with van der Waals surface area (Å²) in [4.78, 5) is 11.7. The largest absolute Gasteiger partial charge is 0.870 e. The monoisotopic (exact) mass is 295 g/mol. The first kappa shape index (κ1) is 17.3. The predicted molar refractivity (Wildman–Crippen MR) is 79.2 cm³/mol. The van der Waals surface area contributed by atoms with Crippen LogP contribution in [0.3, 0.4) is 0 Å². The molecule has 0 radical (unpaired) electrons. The molecular formula is C16H25NO4. The third-order valence-electron chi connectivity index (χ3n) is 3.66. The summed E-state index contributed by atoms with van der Waals surface area (Å²) < 4.78 is 11.0. The second-order valence-electron chi connectivity index (χ2n) is 5.68. The van der Waals surface area contributed by atoms with E-state index in [9.17, 15) is 9.90 Å². The van der Waals surface area contributed by atoms with Gasteiger partial charge in [-0.1, -0.05) is 17.9 Å². The van der Waals surface area contributed by atoms with Gasteiger partial charge in [0.2, 0.25) is 0 Å². The van der Waals surface area contributed by atoms with Crippen LogP contribution in [0.25, 0.3) is 0 Å². The van der Waals surface area contributed by atoms with Gasteiger partial charge in [-0.05, 0) is 25.0 Å². The van der Waals surface area contributed by atoms with Gasteiger partial charge < -0.3 is 19.1 Å². The highest BCUT2D eigenvalue weighted by atomic mass is 16.5. The Bertz CT molecular complexity index is 471. The summed E-state index contributed by atoms with van der Waals surface area (Å²) >= 11 is 0. The summed E-state index contributed by atoms with van der Waals surface area (Å²) in [6.07, 6.45) is 0.850. The number of benzene rings is 1. The van der Waals surface area contributed by atoms with Crippen molar-refractivity contribution in [3.05, 3.63) is 23.8 Å².